The van der Waals surface area contributed by atoms with Crippen molar-refractivity contribution in [1.29, 1.82) is 0 Å². The Morgan fingerprint density at radius 3 is 2.70 bits per heavy atom. The normalized spacial score (nSPS) is 19.1. The van der Waals surface area contributed by atoms with Crippen molar-refractivity contribution in [2.24, 2.45) is 5.92 Å². The van der Waals surface area contributed by atoms with Crippen molar-refractivity contribution in [3.63, 3.8) is 0 Å². The quantitative estimate of drug-likeness (QED) is 0.767. The lowest BCUT2D eigenvalue weighted by atomic mass is 9.82. The van der Waals surface area contributed by atoms with Crippen LogP contribution in [0.2, 0.25) is 0 Å². The molecule has 0 unspecified atom stereocenters. The van der Waals surface area contributed by atoms with E-state index in [2.05, 4.69) is 4.98 Å². The van der Waals surface area contributed by atoms with Crippen molar-refractivity contribution in [1.82, 2.24) is 4.98 Å². The summed E-state index contributed by atoms with van der Waals surface area (Å²) in [5, 5.41) is 0.902. The monoisotopic (exact) mass is 275 g/mol. The van der Waals surface area contributed by atoms with Gasteiger partial charge in [0.25, 0.3) is 0 Å². The number of Topliss-reactive ketones (excluding diaryl/α,β-unsaturated/α-hetero) is 1. The van der Waals surface area contributed by atoms with Crippen LogP contribution in [0.5, 0.6) is 0 Å². The highest BCUT2D eigenvalue weighted by atomic mass is 19.3. The molecule has 0 aliphatic heterocycles. The average Bonchev–Trinajstić information content (AvgIpc) is 2.46. The van der Waals surface area contributed by atoms with E-state index in [1.807, 2.05) is 12.1 Å². The van der Waals surface area contributed by atoms with E-state index in [0.29, 0.717) is 5.56 Å². The summed E-state index contributed by atoms with van der Waals surface area (Å²) < 4.78 is 26.3. The van der Waals surface area contributed by atoms with E-state index in [-0.39, 0.29) is 37.4 Å². The molecular weight excluding hydrogens is 260 g/mol. The van der Waals surface area contributed by atoms with Gasteiger partial charge in [-0.25, -0.2) is 8.78 Å². The zero-order chi connectivity index (χ0) is 14.2. The molecule has 2 aromatic rings. The van der Waals surface area contributed by atoms with Gasteiger partial charge in [-0.15, -0.1) is 0 Å². The van der Waals surface area contributed by atoms with Gasteiger partial charge in [-0.1, -0.05) is 6.07 Å². The van der Waals surface area contributed by atoms with Gasteiger partial charge in [0.2, 0.25) is 5.92 Å². The maximum Gasteiger partial charge on any atom is 0.248 e. The molecule has 0 radical (unpaired) electrons. The summed E-state index contributed by atoms with van der Waals surface area (Å²) in [5.41, 5.74) is 1.43. The van der Waals surface area contributed by atoms with Crippen molar-refractivity contribution in [3.8, 4) is 0 Å². The Bertz CT molecular complexity index is 644. The van der Waals surface area contributed by atoms with Crippen LogP contribution in [0.1, 0.15) is 36.0 Å². The third-order valence-corrected chi connectivity index (χ3v) is 3.98. The Morgan fingerprint density at radius 2 is 1.95 bits per heavy atom. The lowest BCUT2D eigenvalue weighted by molar-refractivity contribution is -0.0424. The van der Waals surface area contributed by atoms with E-state index in [0.717, 1.165) is 10.9 Å². The molecule has 20 heavy (non-hydrogen) atoms. The number of pyridine rings is 1. The Kier molecular flexibility index (Phi) is 3.24. The van der Waals surface area contributed by atoms with E-state index < -0.39 is 5.92 Å². The molecule has 0 N–H and O–H groups in total. The van der Waals surface area contributed by atoms with Crippen molar-refractivity contribution >= 4 is 16.7 Å². The van der Waals surface area contributed by atoms with Crippen molar-refractivity contribution in [2.75, 3.05) is 0 Å². The number of rotatable bonds is 2. The minimum absolute atomic E-state index is 0.0220. The Balaban J connectivity index is 1.82. The molecule has 1 aromatic heterocycles. The maximum atomic E-state index is 13.1. The SMILES string of the molecule is O=C(c1ccc2ncccc2c1)C1CCC(F)(F)CC1. The van der Waals surface area contributed by atoms with Gasteiger partial charge >= 0.3 is 0 Å². The summed E-state index contributed by atoms with van der Waals surface area (Å²) in [7, 11) is 0. The lowest BCUT2D eigenvalue weighted by Gasteiger charge is -2.27. The number of nitrogens with zero attached hydrogens (tertiary/aromatic N) is 1. The molecule has 1 aliphatic rings. The van der Waals surface area contributed by atoms with Crippen molar-refractivity contribution in [3.05, 3.63) is 42.1 Å². The highest BCUT2D eigenvalue weighted by Crippen LogP contribution is 2.37. The lowest BCUT2D eigenvalue weighted by Crippen LogP contribution is -2.28. The summed E-state index contributed by atoms with van der Waals surface area (Å²) >= 11 is 0. The van der Waals surface area contributed by atoms with E-state index in [9.17, 15) is 13.6 Å². The Morgan fingerprint density at radius 1 is 1.20 bits per heavy atom. The molecular formula is C16H15F2NO. The topological polar surface area (TPSA) is 30.0 Å². The van der Waals surface area contributed by atoms with Crippen LogP contribution in [0.3, 0.4) is 0 Å². The number of carbonyl (C=O) groups is 1. The minimum Gasteiger partial charge on any atom is -0.294 e. The van der Waals surface area contributed by atoms with Crippen LogP contribution >= 0.6 is 0 Å². The molecule has 2 nitrogen and oxygen atoms in total. The van der Waals surface area contributed by atoms with Crippen LogP contribution in [0.15, 0.2) is 36.5 Å². The van der Waals surface area contributed by atoms with E-state index in [4.69, 9.17) is 0 Å². The van der Waals surface area contributed by atoms with Gasteiger partial charge in [0.1, 0.15) is 0 Å². The van der Waals surface area contributed by atoms with Crippen molar-refractivity contribution in [2.45, 2.75) is 31.6 Å². The van der Waals surface area contributed by atoms with Crippen molar-refractivity contribution < 1.29 is 13.6 Å². The van der Waals surface area contributed by atoms with Gasteiger partial charge in [0.05, 0.1) is 5.52 Å². The third-order valence-electron chi connectivity index (χ3n) is 3.98. The molecule has 4 heteroatoms. The number of fused-ring (bicyclic) bond motifs is 1. The molecule has 1 fully saturated rings. The molecule has 0 amide bonds. The van der Waals surface area contributed by atoms with Crippen LogP contribution in [0, 0.1) is 5.92 Å². The first-order chi connectivity index (χ1) is 9.55. The van der Waals surface area contributed by atoms with E-state index in [1.54, 1.807) is 24.4 Å². The predicted molar refractivity (Wildman–Crippen MR) is 73.0 cm³/mol. The molecule has 1 saturated carbocycles. The Hall–Kier alpha value is -1.84. The molecule has 104 valence electrons. The first-order valence-electron chi connectivity index (χ1n) is 6.82. The largest absolute Gasteiger partial charge is 0.294 e. The Labute approximate surface area is 115 Å². The maximum absolute atomic E-state index is 13.1. The fraction of sp³-hybridized carbons (Fsp3) is 0.375. The number of carbonyl (C=O) groups excluding carboxylic acids is 1. The second-order valence-corrected chi connectivity index (χ2v) is 5.41. The van der Waals surface area contributed by atoms with E-state index >= 15 is 0 Å². The van der Waals surface area contributed by atoms with Gasteiger partial charge in [-0.2, -0.15) is 0 Å². The molecule has 1 aliphatic carbocycles. The highest BCUT2D eigenvalue weighted by molar-refractivity contribution is 6.00. The minimum atomic E-state index is -2.59. The first-order valence-corrected chi connectivity index (χ1v) is 6.82. The van der Waals surface area contributed by atoms with Gasteiger partial charge in [0, 0.05) is 35.9 Å². The number of aromatic nitrogens is 1. The molecule has 0 bridgehead atoms. The first kappa shape index (κ1) is 13.2. The smallest absolute Gasteiger partial charge is 0.248 e. The summed E-state index contributed by atoms with van der Waals surface area (Å²) in [6.07, 6.45) is 1.89. The standard InChI is InChI=1S/C16H15F2NO/c17-16(18)7-5-11(6-8-16)15(20)13-3-4-14-12(10-13)2-1-9-19-14/h1-4,9-11H,5-8H2. The summed E-state index contributed by atoms with van der Waals surface area (Å²) in [4.78, 5) is 16.6. The van der Waals surface area contributed by atoms with E-state index in [1.165, 1.54) is 0 Å². The number of ketones is 1. The molecule has 0 saturated heterocycles. The second kappa shape index (κ2) is 4.93. The zero-order valence-corrected chi connectivity index (χ0v) is 11.0. The highest BCUT2D eigenvalue weighted by Gasteiger charge is 2.37. The van der Waals surface area contributed by atoms with Crippen LogP contribution in [0.25, 0.3) is 10.9 Å². The molecule has 0 atom stereocenters. The molecule has 1 heterocycles. The average molecular weight is 275 g/mol. The number of halogens is 2. The fourth-order valence-corrected chi connectivity index (χ4v) is 2.77. The third kappa shape index (κ3) is 2.55. The van der Waals surface area contributed by atoms with Gasteiger partial charge in [0.15, 0.2) is 5.78 Å². The van der Waals surface area contributed by atoms with Crippen LogP contribution in [-0.4, -0.2) is 16.7 Å². The second-order valence-electron chi connectivity index (χ2n) is 5.41. The molecule has 1 aromatic carbocycles. The summed E-state index contributed by atoms with van der Waals surface area (Å²) in [6.45, 7) is 0. The summed E-state index contributed by atoms with van der Waals surface area (Å²) in [6, 6.07) is 9.06. The van der Waals surface area contributed by atoms with Gasteiger partial charge in [-0.3, -0.25) is 9.78 Å². The van der Waals surface area contributed by atoms with Gasteiger partial charge in [-0.05, 0) is 37.1 Å². The zero-order valence-electron chi connectivity index (χ0n) is 11.0. The molecule has 0 spiro atoms. The predicted octanol–water partition coefficient (Wildman–Crippen LogP) is 4.24. The van der Waals surface area contributed by atoms with Gasteiger partial charge < -0.3 is 0 Å². The molecule has 3 rings (SSSR count). The number of hydrogen-bond acceptors (Lipinski definition) is 2. The fourth-order valence-electron chi connectivity index (χ4n) is 2.77. The van der Waals surface area contributed by atoms with Crippen LogP contribution in [0.4, 0.5) is 8.78 Å². The summed E-state index contributed by atoms with van der Waals surface area (Å²) in [5.74, 6) is -2.89. The van der Waals surface area contributed by atoms with Crippen LogP contribution in [-0.2, 0) is 0 Å². The number of benzene rings is 1. The number of alkyl halides is 2. The van der Waals surface area contributed by atoms with Crippen LogP contribution < -0.4 is 0 Å². The number of hydrogen-bond donors (Lipinski definition) is 0.